The number of Topliss-reactive ketones (excluding diaryl/α,β-unsaturated/α-hetero) is 1. The fraction of sp³-hybridized carbons (Fsp3) is 0.909. The van der Waals surface area contributed by atoms with Gasteiger partial charge in [0.1, 0.15) is 5.78 Å². The number of carbonyl (C=O) groups excluding carboxylic acids is 2. The molecule has 2 unspecified atom stereocenters. The largest absolute Gasteiger partial charge is 0.416 e. The monoisotopic (exact) mass is 449 g/mol. The molecule has 174 valence electrons. The van der Waals surface area contributed by atoms with Crippen LogP contribution in [0.25, 0.3) is 0 Å². The summed E-state index contributed by atoms with van der Waals surface area (Å²) in [6.07, 6.45) is 0.122. The molecule has 4 nitrogen and oxygen atoms in total. The number of alkyl halides is 3. The van der Waals surface area contributed by atoms with E-state index in [1.54, 1.807) is 19.6 Å². The van der Waals surface area contributed by atoms with E-state index in [9.17, 15) is 22.8 Å². The Bertz CT molecular complexity index is 649. The van der Waals surface area contributed by atoms with Crippen LogP contribution < -0.4 is 5.32 Å². The van der Waals surface area contributed by atoms with E-state index >= 15 is 0 Å². The van der Waals surface area contributed by atoms with Gasteiger partial charge >= 0.3 is 6.18 Å². The zero-order chi connectivity index (χ0) is 23.0. The molecule has 0 aromatic rings. The second kappa shape index (κ2) is 8.92. The van der Waals surface area contributed by atoms with Crippen LogP contribution in [0.3, 0.4) is 0 Å². The first-order valence-corrected chi connectivity index (χ1v) is 14.6. The lowest BCUT2D eigenvalue weighted by atomic mass is 9.52. The molecule has 0 bridgehead atoms. The van der Waals surface area contributed by atoms with Gasteiger partial charge in [0.25, 0.3) is 0 Å². The van der Waals surface area contributed by atoms with E-state index in [1.807, 2.05) is 6.92 Å². The van der Waals surface area contributed by atoms with E-state index in [0.29, 0.717) is 18.7 Å². The summed E-state index contributed by atoms with van der Waals surface area (Å²) in [6, 6.07) is 0. The average molecular weight is 450 g/mol. The van der Waals surface area contributed by atoms with Crippen LogP contribution in [0.5, 0.6) is 0 Å². The highest BCUT2D eigenvalue weighted by molar-refractivity contribution is 6.69. The fourth-order valence-electron chi connectivity index (χ4n) is 5.76. The Labute approximate surface area is 179 Å². The van der Waals surface area contributed by atoms with Crippen LogP contribution in [-0.2, 0) is 14.0 Å². The summed E-state index contributed by atoms with van der Waals surface area (Å²) in [4.78, 5) is 24.9. The third kappa shape index (κ3) is 5.67. The van der Waals surface area contributed by atoms with Crippen LogP contribution in [0.2, 0.25) is 19.6 Å². The van der Waals surface area contributed by atoms with E-state index in [4.69, 9.17) is 4.43 Å². The summed E-state index contributed by atoms with van der Waals surface area (Å²) in [7, 11) is -2.51. The summed E-state index contributed by atoms with van der Waals surface area (Å²) >= 11 is 0. The zero-order valence-corrected chi connectivity index (χ0v) is 20.2. The Morgan fingerprint density at radius 2 is 1.90 bits per heavy atom. The molecule has 0 saturated heterocycles. The van der Waals surface area contributed by atoms with Crippen molar-refractivity contribution < 1.29 is 27.2 Å². The normalized spacial score (nSPS) is 30.9. The first kappa shape index (κ1) is 25.4. The maximum absolute atomic E-state index is 13.6. The molecule has 2 saturated carbocycles. The molecule has 0 aliphatic heterocycles. The van der Waals surface area contributed by atoms with Crippen LogP contribution in [0.15, 0.2) is 0 Å². The molecule has 2 aliphatic rings. The molecule has 30 heavy (non-hydrogen) atoms. The highest BCUT2D eigenvalue weighted by Gasteiger charge is 2.55. The van der Waals surface area contributed by atoms with Gasteiger partial charge in [0, 0.05) is 18.9 Å². The van der Waals surface area contributed by atoms with Crippen molar-refractivity contribution in [3.05, 3.63) is 0 Å². The highest BCUT2D eigenvalue weighted by Crippen LogP contribution is 2.54. The van der Waals surface area contributed by atoms with Crippen LogP contribution in [0, 0.1) is 23.2 Å². The Kier molecular flexibility index (Phi) is 7.55. The highest BCUT2D eigenvalue weighted by atomic mass is 28.4. The molecule has 0 radical (unpaired) electrons. The average Bonchev–Trinajstić information content (AvgIpc) is 2.56. The fourth-order valence-corrected chi connectivity index (χ4v) is 7.30. The van der Waals surface area contributed by atoms with E-state index in [1.165, 1.54) is 0 Å². The molecule has 0 aromatic carbocycles. The minimum Gasteiger partial charge on any atom is -0.403 e. The first-order valence-electron chi connectivity index (χ1n) is 11.2. The smallest absolute Gasteiger partial charge is 0.403 e. The minimum atomic E-state index is -4.62. The molecule has 2 fully saturated rings. The number of ketones is 1. The summed E-state index contributed by atoms with van der Waals surface area (Å²) < 4.78 is 46.3. The number of hydrogen-bond acceptors (Lipinski definition) is 3. The summed E-state index contributed by atoms with van der Waals surface area (Å²) in [5.74, 6) is 0.184. The Morgan fingerprint density at radius 1 is 1.27 bits per heavy atom. The van der Waals surface area contributed by atoms with Gasteiger partial charge in [-0.3, -0.25) is 9.59 Å². The summed E-state index contributed by atoms with van der Waals surface area (Å²) in [5, 5.41) is 2.73. The first-order chi connectivity index (χ1) is 13.6. The van der Waals surface area contributed by atoms with Crippen LogP contribution in [0.4, 0.5) is 13.2 Å². The van der Waals surface area contributed by atoms with Gasteiger partial charge in [-0.1, -0.05) is 20.3 Å². The molecule has 0 aromatic heterocycles. The third-order valence-corrected chi connectivity index (χ3v) is 8.18. The summed E-state index contributed by atoms with van der Waals surface area (Å²) in [5.41, 5.74) is -2.55. The molecular formula is C22H38F3NO3Si. The maximum Gasteiger partial charge on any atom is 0.416 e. The predicted octanol–water partition coefficient (Wildman–Crippen LogP) is 5.48. The number of fused-ring (bicyclic) bond motifs is 1. The van der Waals surface area contributed by atoms with Gasteiger partial charge in [-0.2, -0.15) is 13.2 Å². The summed E-state index contributed by atoms with van der Waals surface area (Å²) in [6.45, 7) is 10.6. The van der Waals surface area contributed by atoms with E-state index < -0.39 is 32.4 Å². The Balaban J connectivity index is 2.01. The number of halogens is 3. The molecular weight excluding hydrogens is 411 g/mol. The van der Waals surface area contributed by atoms with Crippen molar-refractivity contribution in [1.82, 2.24) is 5.32 Å². The predicted molar refractivity (Wildman–Crippen MR) is 113 cm³/mol. The van der Waals surface area contributed by atoms with Crippen molar-refractivity contribution in [3.63, 3.8) is 0 Å². The third-order valence-electron chi connectivity index (χ3n) is 7.12. The second-order valence-corrected chi connectivity index (χ2v) is 15.2. The van der Waals surface area contributed by atoms with Gasteiger partial charge in [0.2, 0.25) is 5.91 Å². The Morgan fingerprint density at radius 3 is 2.47 bits per heavy atom. The van der Waals surface area contributed by atoms with Gasteiger partial charge < -0.3 is 9.74 Å². The lowest BCUT2D eigenvalue weighted by Crippen LogP contribution is -2.54. The van der Waals surface area contributed by atoms with Crippen LogP contribution in [-0.4, -0.2) is 38.3 Å². The van der Waals surface area contributed by atoms with Crippen molar-refractivity contribution in [2.24, 2.45) is 23.2 Å². The molecule has 5 atom stereocenters. The molecule has 2 rings (SSSR count). The zero-order valence-electron chi connectivity index (χ0n) is 19.2. The van der Waals surface area contributed by atoms with Crippen molar-refractivity contribution in [3.8, 4) is 0 Å². The van der Waals surface area contributed by atoms with Gasteiger partial charge in [-0.25, -0.2) is 0 Å². The quantitative estimate of drug-likeness (QED) is 0.524. The van der Waals surface area contributed by atoms with Gasteiger partial charge in [-0.05, 0) is 69.5 Å². The molecule has 1 amide bonds. The topological polar surface area (TPSA) is 55.4 Å². The van der Waals surface area contributed by atoms with Crippen molar-refractivity contribution in [2.75, 3.05) is 6.54 Å². The van der Waals surface area contributed by atoms with Crippen molar-refractivity contribution in [1.29, 1.82) is 0 Å². The number of carbonyl (C=O) groups is 2. The van der Waals surface area contributed by atoms with E-state index in [-0.39, 0.29) is 23.2 Å². The van der Waals surface area contributed by atoms with Crippen LogP contribution in [0.1, 0.15) is 65.7 Å². The molecule has 0 spiro atoms. The lowest BCUT2D eigenvalue weighted by Gasteiger charge is -2.51. The number of nitrogens with one attached hydrogen (secondary N) is 1. The molecule has 1 N–H and O–H groups in total. The molecule has 2 aliphatic carbocycles. The maximum atomic E-state index is 13.6. The Hall–Kier alpha value is -0.893. The van der Waals surface area contributed by atoms with E-state index in [2.05, 4.69) is 12.2 Å². The number of hydrogen-bond donors (Lipinski definition) is 1. The standard InChI is InChI=1S/C22H38F3NO3Si/c1-15(16-9-7-10-17-18(27)11-8-12-20(16,17)2)14-26-19(28)13-21(3,22(23,24)25)29-30(4,5)6/h15-17H,7-14H2,1-6H3,(H,26,28)/t15-,16?,17?,20-,21-/m1/s1. The van der Waals surface area contributed by atoms with Gasteiger partial charge in [0.05, 0.1) is 6.42 Å². The van der Waals surface area contributed by atoms with Crippen molar-refractivity contribution in [2.45, 2.75) is 97.1 Å². The molecule has 0 heterocycles. The number of amides is 1. The SMILES string of the molecule is C[C@H](CNC(=O)C[C@@](C)(O[Si](C)(C)C)C(F)(F)F)C1CCCC2C(=O)CCC[C@@]21C. The minimum absolute atomic E-state index is 0.0703. The lowest BCUT2D eigenvalue weighted by molar-refractivity contribution is -0.246. The number of rotatable bonds is 7. The van der Waals surface area contributed by atoms with Gasteiger partial charge in [-0.15, -0.1) is 0 Å². The van der Waals surface area contributed by atoms with Gasteiger partial charge in [0.15, 0.2) is 13.9 Å². The van der Waals surface area contributed by atoms with E-state index in [0.717, 1.165) is 39.0 Å². The van der Waals surface area contributed by atoms with Crippen LogP contribution >= 0.6 is 0 Å². The molecule has 8 heteroatoms. The van der Waals surface area contributed by atoms with Crippen molar-refractivity contribution >= 4 is 20.0 Å². The second-order valence-electron chi connectivity index (χ2n) is 10.8.